The van der Waals surface area contributed by atoms with Crippen LogP contribution in [0.2, 0.25) is 10.0 Å². The average Bonchev–Trinajstić information content (AvgIpc) is 2.72. The van der Waals surface area contributed by atoms with E-state index in [1.807, 2.05) is 0 Å². The number of ether oxygens (including phenoxy) is 2. The molecule has 0 heterocycles. The lowest BCUT2D eigenvalue weighted by atomic mass is 10.1. The summed E-state index contributed by atoms with van der Waals surface area (Å²) in [6.07, 6.45) is 0. The summed E-state index contributed by atoms with van der Waals surface area (Å²) < 4.78 is 24.8. The molecule has 0 unspecified atom stereocenters. The molecule has 0 saturated carbocycles. The third kappa shape index (κ3) is 4.82. The van der Waals surface area contributed by atoms with Crippen LogP contribution in [-0.4, -0.2) is 18.9 Å². The second-order valence-electron chi connectivity index (χ2n) is 6.06. The number of benzene rings is 3. The molecule has 154 valence electrons. The van der Waals surface area contributed by atoms with Crippen molar-refractivity contribution in [3.05, 3.63) is 81.6 Å². The van der Waals surface area contributed by atoms with Crippen molar-refractivity contribution < 1.29 is 23.5 Å². The molecule has 2 amide bonds. The summed E-state index contributed by atoms with van der Waals surface area (Å²) in [5, 5.41) is 2.84. The molecule has 9 heteroatoms. The van der Waals surface area contributed by atoms with Crippen molar-refractivity contribution in [2.45, 2.75) is 0 Å². The summed E-state index contributed by atoms with van der Waals surface area (Å²) in [7, 11) is 1.41. The number of halogens is 3. The van der Waals surface area contributed by atoms with Gasteiger partial charge in [0.1, 0.15) is 11.5 Å². The Kier molecular flexibility index (Phi) is 6.44. The van der Waals surface area contributed by atoms with Crippen molar-refractivity contribution in [2.75, 3.05) is 12.4 Å². The smallest absolute Gasteiger partial charge is 0.259 e. The van der Waals surface area contributed by atoms with E-state index in [2.05, 4.69) is 5.32 Å². The van der Waals surface area contributed by atoms with Gasteiger partial charge in [-0.2, -0.15) is 0 Å². The van der Waals surface area contributed by atoms with Gasteiger partial charge >= 0.3 is 0 Å². The molecule has 3 rings (SSSR count). The van der Waals surface area contributed by atoms with E-state index in [9.17, 15) is 14.0 Å². The van der Waals surface area contributed by atoms with Crippen molar-refractivity contribution >= 4 is 40.7 Å². The van der Waals surface area contributed by atoms with Gasteiger partial charge in [-0.15, -0.1) is 0 Å². The summed E-state index contributed by atoms with van der Waals surface area (Å²) in [5.74, 6) is -1.79. The first kappa shape index (κ1) is 21.4. The molecular formula is C21H15Cl2FN2O4. The molecular weight excluding hydrogens is 434 g/mol. The lowest BCUT2D eigenvalue weighted by Crippen LogP contribution is -2.15. The van der Waals surface area contributed by atoms with Gasteiger partial charge in [0.25, 0.3) is 5.91 Å². The highest BCUT2D eigenvalue weighted by Crippen LogP contribution is 2.35. The van der Waals surface area contributed by atoms with Crippen molar-refractivity contribution in [3.63, 3.8) is 0 Å². The summed E-state index contributed by atoms with van der Waals surface area (Å²) >= 11 is 12.1. The van der Waals surface area contributed by atoms with E-state index in [4.69, 9.17) is 38.4 Å². The fourth-order valence-electron chi connectivity index (χ4n) is 2.55. The molecule has 0 radical (unpaired) electrons. The minimum atomic E-state index is -0.694. The van der Waals surface area contributed by atoms with E-state index in [1.54, 1.807) is 12.1 Å². The fourth-order valence-corrected chi connectivity index (χ4v) is 2.87. The zero-order valence-electron chi connectivity index (χ0n) is 15.5. The molecule has 0 bridgehead atoms. The van der Waals surface area contributed by atoms with Crippen LogP contribution in [0, 0.1) is 5.82 Å². The first-order valence-corrected chi connectivity index (χ1v) is 9.25. The van der Waals surface area contributed by atoms with Crippen LogP contribution in [0.3, 0.4) is 0 Å². The second kappa shape index (κ2) is 9.02. The minimum absolute atomic E-state index is 0.00379. The van der Waals surface area contributed by atoms with Gasteiger partial charge in [-0.3, -0.25) is 9.59 Å². The number of nitrogens with two attached hydrogens (primary N) is 1. The van der Waals surface area contributed by atoms with Gasteiger partial charge in [0.15, 0.2) is 11.6 Å². The normalized spacial score (nSPS) is 10.4. The Morgan fingerprint density at radius 3 is 2.40 bits per heavy atom. The largest absolute Gasteiger partial charge is 0.497 e. The van der Waals surface area contributed by atoms with Crippen LogP contribution in [0.1, 0.15) is 20.7 Å². The number of carbonyl (C=O) groups is 2. The Morgan fingerprint density at radius 1 is 1.00 bits per heavy atom. The van der Waals surface area contributed by atoms with E-state index in [-0.39, 0.29) is 32.7 Å². The van der Waals surface area contributed by atoms with Gasteiger partial charge in [-0.1, -0.05) is 29.3 Å². The maximum absolute atomic E-state index is 14.3. The maximum atomic E-state index is 14.3. The van der Waals surface area contributed by atoms with E-state index in [0.717, 1.165) is 6.07 Å². The highest BCUT2D eigenvalue weighted by molar-refractivity contribution is 6.42. The van der Waals surface area contributed by atoms with Gasteiger partial charge in [0, 0.05) is 23.4 Å². The SMILES string of the molecule is COc1ccc(Oc2cc(Cl)c(Cl)cc2C(=O)Nc2cccc(C(N)=O)c2)c(F)c1. The van der Waals surface area contributed by atoms with Crippen LogP contribution in [0.4, 0.5) is 10.1 Å². The van der Waals surface area contributed by atoms with Gasteiger partial charge in [0.05, 0.1) is 22.7 Å². The number of carbonyl (C=O) groups excluding carboxylic acids is 2. The molecule has 0 fully saturated rings. The molecule has 30 heavy (non-hydrogen) atoms. The van der Waals surface area contributed by atoms with Gasteiger partial charge in [-0.25, -0.2) is 4.39 Å². The third-order valence-corrected chi connectivity index (χ3v) is 4.75. The van der Waals surface area contributed by atoms with Crippen LogP contribution in [0.5, 0.6) is 17.2 Å². The molecule has 0 saturated heterocycles. The topological polar surface area (TPSA) is 90.7 Å². The van der Waals surface area contributed by atoms with Crippen molar-refractivity contribution in [3.8, 4) is 17.2 Å². The van der Waals surface area contributed by atoms with E-state index < -0.39 is 17.6 Å². The molecule has 3 aromatic rings. The van der Waals surface area contributed by atoms with Crippen molar-refractivity contribution in [2.24, 2.45) is 5.73 Å². The number of methoxy groups -OCH3 is 1. The quantitative estimate of drug-likeness (QED) is 0.536. The number of amides is 2. The van der Waals surface area contributed by atoms with Gasteiger partial charge in [0.2, 0.25) is 5.91 Å². The monoisotopic (exact) mass is 448 g/mol. The van der Waals surface area contributed by atoms with Crippen molar-refractivity contribution in [1.82, 2.24) is 0 Å². The first-order chi connectivity index (χ1) is 14.3. The Bertz CT molecular complexity index is 1140. The predicted molar refractivity (Wildman–Crippen MR) is 112 cm³/mol. The first-order valence-electron chi connectivity index (χ1n) is 8.50. The highest BCUT2D eigenvalue weighted by Gasteiger charge is 2.19. The summed E-state index contributed by atoms with van der Waals surface area (Å²) in [4.78, 5) is 24.2. The molecule has 0 aliphatic carbocycles. The Hall–Kier alpha value is -3.29. The standard InChI is InChI=1S/C21H15Cl2FN2O4/c1-29-13-5-6-18(17(24)8-13)30-19-10-16(23)15(22)9-14(19)21(28)26-12-4-2-3-11(7-12)20(25)27/h2-10H,1H3,(H2,25,27)(H,26,28). The van der Waals surface area contributed by atoms with Gasteiger partial charge in [-0.05, 0) is 36.4 Å². The molecule has 3 aromatic carbocycles. The van der Waals surface area contributed by atoms with E-state index in [1.165, 1.54) is 43.5 Å². The number of hydrogen-bond acceptors (Lipinski definition) is 4. The zero-order chi connectivity index (χ0) is 21.8. The Morgan fingerprint density at radius 2 is 1.73 bits per heavy atom. The highest BCUT2D eigenvalue weighted by atomic mass is 35.5. The molecule has 0 aliphatic rings. The Balaban J connectivity index is 1.94. The number of rotatable bonds is 6. The summed E-state index contributed by atoms with van der Waals surface area (Å²) in [5.41, 5.74) is 5.81. The summed E-state index contributed by atoms with van der Waals surface area (Å²) in [6, 6.07) is 12.7. The second-order valence-corrected chi connectivity index (χ2v) is 6.87. The lowest BCUT2D eigenvalue weighted by Gasteiger charge is -2.14. The van der Waals surface area contributed by atoms with Crippen LogP contribution >= 0.6 is 23.2 Å². The van der Waals surface area contributed by atoms with Gasteiger partial charge < -0.3 is 20.5 Å². The predicted octanol–water partition coefficient (Wildman–Crippen LogP) is 5.28. The van der Waals surface area contributed by atoms with Crippen molar-refractivity contribution in [1.29, 1.82) is 0 Å². The molecule has 0 atom stereocenters. The van der Waals surface area contributed by atoms with E-state index >= 15 is 0 Å². The third-order valence-electron chi connectivity index (χ3n) is 4.03. The molecule has 0 aromatic heterocycles. The fraction of sp³-hybridized carbons (Fsp3) is 0.0476. The Labute approximate surface area is 181 Å². The van der Waals surface area contributed by atoms with Crippen LogP contribution in [-0.2, 0) is 0 Å². The zero-order valence-corrected chi connectivity index (χ0v) is 17.1. The molecule has 0 spiro atoms. The number of nitrogens with one attached hydrogen (secondary N) is 1. The van der Waals surface area contributed by atoms with E-state index in [0.29, 0.717) is 11.4 Å². The summed E-state index contributed by atoms with van der Waals surface area (Å²) in [6.45, 7) is 0. The number of hydrogen-bond donors (Lipinski definition) is 2. The number of anilines is 1. The molecule has 6 nitrogen and oxygen atoms in total. The molecule has 0 aliphatic heterocycles. The minimum Gasteiger partial charge on any atom is -0.497 e. The lowest BCUT2D eigenvalue weighted by molar-refractivity contribution is 0.0995. The van der Waals surface area contributed by atoms with Crippen LogP contribution in [0.25, 0.3) is 0 Å². The van der Waals surface area contributed by atoms with Crippen LogP contribution < -0.4 is 20.5 Å². The maximum Gasteiger partial charge on any atom is 0.259 e. The average molecular weight is 449 g/mol. The number of primary amides is 1. The van der Waals surface area contributed by atoms with Crippen LogP contribution in [0.15, 0.2) is 54.6 Å². The molecule has 3 N–H and O–H groups in total.